The molecule has 0 N–H and O–H groups in total. The van der Waals surface area contributed by atoms with Gasteiger partial charge in [0.2, 0.25) is 11.5 Å². The van der Waals surface area contributed by atoms with Gasteiger partial charge in [-0.15, -0.1) is 0 Å². The standard InChI is InChI=1S/C16H8N4O12/c21-15(31-13-3-1-9(17(23)24)7-11(13)19(27)28)5-6-16(22)32-14-4-2-10(18(25)26)8-12(14)20(29)30/h1-8H/b6-5+. The Bertz CT molecular complexity index is 1100. The van der Waals surface area contributed by atoms with Gasteiger partial charge in [0.1, 0.15) is 0 Å². The number of benzene rings is 2. The second kappa shape index (κ2) is 9.48. The Morgan fingerprint density at radius 1 is 0.625 bits per heavy atom. The largest absolute Gasteiger partial charge is 0.416 e. The van der Waals surface area contributed by atoms with E-state index < -0.39 is 65.9 Å². The minimum Gasteiger partial charge on any atom is -0.416 e. The number of non-ortho nitro benzene ring substituents is 2. The van der Waals surface area contributed by atoms with Gasteiger partial charge in [-0.2, -0.15) is 0 Å². The summed E-state index contributed by atoms with van der Waals surface area (Å²) in [6.07, 6.45) is 0.954. The van der Waals surface area contributed by atoms with Gasteiger partial charge in [-0.25, -0.2) is 9.59 Å². The van der Waals surface area contributed by atoms with E-state index in [0.29, 0.717) is 24.3 Å². The van der Waals surface area contributed by atoms with Crippen LogP contribution in [0.15, 0.2) is 48.6 Å². The highest BCUT2D eigenvalue weighted by Gasteiger charge is 2.23. The fourth-order valence-corrected chi connectivity index (χ4v) is 2.12. The van der Waals surface area contributed by atoms with Crippen LogP contribution in [0.3, 0.4) is 0 Å². The minimum atomic E-state index is -1.31. The van der Waals surface area contributed by atoms with Gasteiger partial charge in [0.05, 0.1) is 31.8 Å². The van der Waals surface area contributed by atoms with Crippen molar-refractivity contribution in [2.24, 2.45) is 0 Å². The molecule has 2 aromatic rings. The predicted octanol–water partition coefficient (Wildman–Crippen LogP) is 2.39. The zero-order chi connectivity index (χ0) is 24.0. The highest BCUT2D eigenvalue weighted by atomic mass is 16.6. The molecule has 0 aliphatic rings. The van der Waals surface area contributed by atoms with E-state index in [-0.39, 0.29) is 0 Å². The van der Waals surface area contributed by atoms with Crippen molar-refractivity contribution in [3.63, 3.8) is 0 Å². The molecule has 0 spiro atoms. The monoisotopic (exact) mass is 448 g/mol. The molecular formula is C16H8N4O12. The van der Waals surface area contributed by atoms with Crippen LogP contribution in [0.5, 0.6) is 11.5 Å². The molecule has 2 aromatic carbocycles. The van der Waals surface area contributed by atoms with Crippen LogP contribution in [0.25, 0.3) is 0 Å². The third-order valence-corrected chi connectivity index (χ3v) is 3.48. The molecule has 0 atom stereocenters. The first kappa shape index (κ1) is 23.0. The maximum atomic E-state index is 11.8. The van der Waals surface area contributed by atoms with E-state index in [0.717, 1.165) is 24.3 Å². The average molecular weight is 448 g/mol. The van der Waals surface area contributed by atoms with E-state index in [9.17, 15) is 50.0 Å². The van der Waals surface area contributed by atoms with Gasteiger partial charge >= 0.3 is 23.3 Å². The molecule has 0 aliphatic carbocycles. The van der Waals surface area contributed by atoms with Crippen molar-refractivity contribution in [3.05, 3.63) is 89.0 Å². The van der Waals surface area contributed by atoms with Gasteiger partial charge in [0, 0.05) is 24.3 Å². The highest BCUT2D eigenvalue weighted by molar-refractivity contribution is 5.94. The van der Waals surface area contributed by atoms with E-state index in [1.54, 1.807) is 0 Å². The number of hydrogen-bond donors (Lipinski definition) is 0. The molecular weight excluding hydrogens is 440 g/mol. The summed E-state index contributed by atoms with van der Waals surface area (Å²) in [5.41, 5.74) is -3.02. The number of carbonyl (C=O) groups excluding carboxylic acids is 2. The lowest BCUT2D eigenvalue weighted by Crippen LogP contribution is -2.10. The summed E-state index contributed by atoms with van der Waals surface area (Å²) in [6, 6.07) is 4.44. The molecule has 2 rings (SSSR count). The molecule has 0 radical (unpaired) electrons. The Morgan fingerprint density at radius 3 is 1.25 bits per heavy atom. The summed E-state index contributed by atoms with van der Waals surface area (Å²) in [7, 11) is 0. The fraction of sp³-hybridized carbons (Fsp3) is 0. The maximum absolute atomic E-state index is 11.8. The first-order valence-corrected chi connectivity index (χ1v) is 7.97. The number of rotatable bonds is 8. The van der Waals surface area contributed by atoms with Gasteiger partial charge in [0.15, 0.2) is 0 Å². The molecule has 0 aromatic heterocycles. The Kier molecular flexibility index (Phi) is 6.81. The average Bonchev–Trinajstić information content (AvgIpc) is 2.72. The molecule has 0 saturated heterocycles. The summed E-state index contributed by atoms with van der Waals surface area (Å²) in [4.78, 5) is 63.1. The quantitative estimate of drug-likeness (QED) is 0.186. The van der Waals surface area contributed by atoms with Crippen LogP contribution >= 0.6 is 0 Å². The topological polar surface area (TPSA) is 225 Å². The lowest BCUT2D eigenvalue weighted by molar-refractivity contribution is -0.394. The van der Waals surface area contributed by atoms with Gasteiger partial charge in [0.25, 0.3) is 11.4 Å². The summed E-state index contributed by atoms with van der Waals surface area (Å²) in [5, 5.41) is 43.4. The van der Waals surface area contributed by atoms with Crippen molar-refractivity contribution in [2.45, 2.75) is 0 Å². The van der Waals surface area contributed by atoms with Crippen LogP contribution in [0.4, 0.5) is 22.7 Å². The lowest BCUT2D eigenvalue weighted by atomic mass is 10.2. The molecule has 32 heavy (non-hydrogen) atoms. The van der Waals surface area contributed by atoms with E-state index in [1.807, 2.05) is 0 Å². The summed E-state index contributed by atoms with van der Waals surface area (Å²) in [5.74, 6) is -3.90. The van der Waals surface area contributed by atoms with Crippen LogP contribution < -0.4 is 9.47 Å². The normalized spacial score (nSPS) is 10.4. The van der Waals surface area contributed by atoms with Gasteiger partial charge in [-0.3, -0.25) is 40.5 Å². The smallest absolute Gasteiger partial charge is 0.336 e. The van der Waals surface area contributed by atoms with E-state index in [4.69, 9.17) is 0 Å². The Morgan fingerprint density at radius 2 is 0.969 bits per heavy atom. The number of carbonyl (C=O) groups is 2. The second-order valence-electron chi connectivity index (χ2n) is 5.51. The van der Waals surface area contributed by atoms with Crippen molar-refractivity contribution in [1.29, 1.82) is 0 Å². The molecule has 0 amide bonds. The van der Waals surface area contributed by atoms with E-state index in [1.165, 1.54) is 0 Å². The maximum Gasteiger partial charge on any atom is 0.336 e. The number of nitro groups is 4. The van der Waals surface area contributed by atoms with Crippen LogP contribution in [0.1, 0.15) is 0 Å². The minimum absolute atomic E-state index is 0.477. The van der Waals surface area contributed by atoms with Crippen molar-refractivity contribution < 1.29 is 38.8 Å². The summed E-state index contributed by atoms with van der Waals surface area (Å²) < 4.78 is 9.33. The Balaban J connectivity index is 2.14. The predicted molar refractivity (Wildman–Crippen MR) is 99.9 cm³/mol. The third-order valence-electron chi connectivity index (χ3n) is 3.48. The van der Waals surface area contributed by atoms with Gasteiger partial charge < -0.3 is 9.47 Å². The molecule has 0 heterocycles. The SMILES string of the molecule is O=C(/C=C/C(=O)Oc1ccc([N+](=O)[O-])cc1[N+](=O)[O-])Oc1ccc([N+](=O)[O-])cc1[N+](=O)[O-]. The molecule has 0 unspecified atom stereocenters. The van der Waals surface area contributed by atoms with Crippen LogP contribution in [-0.2, 0) is 9.59 Å². The molecule has 0 fully saturated rings. The zero-order valence-electron chi connectivity index (χ0n) is 15.3. The zero-order valence-corrected chi connectivity index (χ0v) is 15.3. The molecule has 0 aliphatic heterocycles. The molecule has 16 heteroatoms. The summed E-state index contributed by atoms with van der Waals surface area (Å²) in [6.45, 7) is 0. The first-order valence-electron chi connectivity index (χ1n) is 7.97. The number of nitrogens with zero attached hydrogens (tertiary/aromatic N) is 4. The molecule has 16 nitrogen and oxygen atoms in total. The third kappa shape index (κ3) is 5.63. The highest BCUT2D eigenvalue weighted by Crippen LogP contribution is 2.32. The van der Waals surface area contributed by atoms with E-state index in [2.05, 4.69) is 9.47 Å². The van der Waals surface area contributed by atoms with Crippen molar-refractivity contribution in [2.75, 3.05) is 0 Å². The van der Waals surface area contributed by atoms with Gasteiger partial charge in [-0.1, -0.05) is 0 Å². The first-order chi connectivity index (χ1) is 15.0. The Labute approximate surface area is 174 Å². The van der Waals surface area contributed by atoms with Crippen LogP contribution in [-0.4, -0.2) is 31.6 Å². The number of ether oxygens (including phenoxy) is 2. The Hall–Kier alpha value is -5.28. The summed E-state index contributed by atoms with van der Waals surface area (Å²) >= 11 is 0. The number of nitro benzene ring substituents is 4. The number of hydrogen-bond acceptors (Lipinski definition) is 12. The van der Waals surface area contributed by atoms with Crippen molar-refractivity contribution in [3.8, 4) is 11.5 Å². The second-order valence-corrected chi connectivity index (χ2v) is 5.51. The number of esters is 2. The van der Waals surface area contributed by atoms with Crippen molar-refractivity contribution >= 4 is 34.7 Å². The van der Waals surface area contributed by atoms with Crippen LogP contribution in [0, 0.1) is 40.5 Å². The molecule has 164 valence electrons. The lowest BCUT2D eigenvalue weighted by Gasteiger charge is -2.03. The molecule has 0 bridgehead atoms. The fourth-order valence-electron chi connectivity index (χ4n) is 2.12. The molecule has 0 saturated carbocycles. The van der Waals surface area contributed by atoms with Gasteiger partial charge in [-0.05, 0) is 12.1 Å². The van der Waals surface area contributed by atoms with E-state index >= 15 is 0 Å². The van der Waals surface area contributed by atoms with Crippen LogP contribution in [0.2, 0.25) is 0 Å². The van der Waals surface area contributed by atoms with Crippen molar-refractivity contribution in [1.82, 2.24) is 0 Å².